The number of benzene rings is 2. The molecule has 2 aromatic rings. The summed E-state index contributed by atoms with van der Waals surface area (Å²) in [5.41, 5.74) is 0. The van der Waals surface area contributed by atoms with Crippen LogP contribution in [-0.2, 0) is 20.0 Å². The molecule has 28 heavy (non-hydrogen) atoms. The van der Waals surface area contributed by atoms with Crippen molar-refractivity contribution < 1.29 is 27.0 Å². The second-order valence-corrected chi connectivity index (χ2v) is 9.79. The standard InChI is InChI=1S/C18H26N2O6S2/c1-3-13(11-21)19-27(23,24)17-9-5-8-16-15(17)7-6-10-18(16)28(25,26)20-14(4-2)12-22/h5-10,13-14,19-22H,3-4,11-12H2,1-2H3. The van der Waals surface area contributed by atoms with Crippen LogP contribution in [0.3, 0.4) is 0 Å². The molecule has 0 fully saturated rings. The zero-order valence-corrected chi connectivity index (χ0v) is 17.4. The minimum atomic E-state index is -3.97. The Labute approximate surface area is 165 Å². The third-order valence-corrected chi connectivity index (χ3v) is 7.65. The number of fused-ring (bicyclic) bond motifs is 1. The molecular weight excluding hydrogens is 404 g/mol. The van der Waals surface area contributed by atoms with Gasteiger partial charge in [0.2, 0.25) is 20.0 Å². The molecule has 0 aliphatic heterocycles. The maximum absolute atomic E-state index is 12.8. The van der Waals surface area contributed by atoms with Gasteiger partial charge in [0.15, 0.2) is 0 Å². The number of rotatable bonds is 10. The molecule has 2 rings (SSSR count). The number of nitrogens with one attached hydrogen (secondary N) is 2. The molecule has 0 spiro atoms. The molecule has 156 valence electrons. The molecule has 0 radical (unpaired) electrons. The van der Waals surface area contributed by atoms with Crippen LogP contribution in [0.2, 0.25) is 0 Å². The first-order valence-corrected chi connectivity index (χ1v) is 11.9. The molecule has 10 heteroatoms. The third kappa shape index (κ3) is 4.88. The maximum atomic E-state index is 12.8. The zero-order chi connectivity index (χ0) is 20.9. The van der Waals surface area contributed by atoms with Gasteiger partial charge in [-0.25, -0.2) is 26.3 Å². The van der Waals surface area contributed by atoms with Crippen LogP contribution in [0.15, 0.2) is 46.2 Å². The molecular formula is C18H26N2O6S2. The van der Waals surface area contributed by atoms with Crippen LogP contribution in [0, 0.1) is 0 Å². The SMILES string of the molecule is CCC(CO)NS(=O)(=O)c1cccc2c(S(=O)(=O)NC(CC)CO)cccc12. The lowest BCUT2D eigenvalue weighted by Crippen LogP contribution is -2.37. The van der Waals surface area contributed by atoms with E-state index in [-0.39, 0.29) is 33.8 Å². The highest BCUT2D eigenvalue weighted by atomic mass is 32.2. The van der Waals surface area contributed by atoms with E-state index < -0.39 is 32.1 Å². The van der Waals surface area contributed by atoms with Gasteiger partial charge < -0.3 is 10.2 Å². The molecule has 4 N–H and O–H groups in total. The lowest BCUT2D eigenvalue weighted by Gasteiger charge is -2.18. The van der Waals surface area contributed by atoms with Crippen LogP contribution in [-0.4, -0.2) is 52.3 Å². The van der Waals surface area contributed by atoms with Crippen LogP contribution in [0.1, 0.15) is 26.7 Å². The Bertz CT molecular complexity index is 930. The summed E-state index contributed by atoms with van der Waals surface area (Å²) in [7, 11) is -7.94. The fraction of sp³-hybridized carbons (Fsp3) is 0.444. The maximum Gasteiger partial charge on any atom is 0.241 e. The Morgan fingerprint density at radius 3 is 1.39 bits per heavy atom. The summed E-state index contributed by atoms with van der Waals surface area (Å²) in [6.07, 6.45) is 0.813. The van der Waals surface area contributed by atoms with Crippen molar-refractivity contribution in [3.8, 4) is 0 Å². The molecule has 0 saturated heterocycles. The van der Waals surface area contributed by atoms with E-state index in [1.54, 1.807) is 13.8 Å². The molecule has 2 unspecified atom stereocenters. The fourth-order valence-electron chi connectivity index (χ4n) is 2.79. The van der Waals surface area contributed by atoms with Crippen molar-refractivity contribution in [1.29, 1.82) is 0 Å². The predicted molar refractivity (Wildman–Crippen MR) is 107 cm³/mol. The van der Waals surface area contributed by atoms with E-state index in [2.05, 4.69) is 9.44 Å². The van der Waals surface area contributed by atoms with E-state index in [4.69, 9.17) is 0 Å². The molecule has 0 bridgehead atoms. The van der Waals surface area contributed by atoms with Crippen molar-refractivity contribution in [1.82, 2.24) is 9.44 Å². The summed E-state index contributed by atoms with van der Waals surface area (Å²) >= 11 is 0. The normalized spacial score (nSPS) is 14.9. The van der Waals surface area contributed by atoms with Crippen LogP contribution >= 0.6 is 0 Å². The summed E-state index contributed by atoms with van der Waals surface area (Å²) in [5.74, 6) is 0. The van der Waals surface area contributed by atoms with Gasteiger partial charge >= 0.3 is 0 Å². The van der Waals surface area contributed by atoms with Crippen LogP contribution in [0.4, 0.5) is 0 Å². The minimum Gasteiger partial charge on any atom is -0.395 e. The van der Waals surface area contributed by atoms with Gasteiger partial charge in [0.1, 0.15) is 0 Å². The lowest BCUT2D eigenvalue weighted by molar-refractivity contribution is 0.253. The molecule has 2 aromatic carbocycles. The quantitative estimate of drug-likeness (QED) is 0.443. The van der Waals surface area contributed by atoms with Gasteiger partial charge in [-0.1, -0.05) is 38.1 Å². The van der Waals surface area contributed by atoms with Gasteiger partial charge in [-0.2, -0.15) is 0 Å². The van der Waals surface area contributed by atoms with E-state index in [0.29, 0.717) is 12.8 Å². The molecule has 0 aliphatic carbocycles. The van der Waals surface area contributed by atoms with Crippen molar-refractivity contribution in [3.05, 3.63) is 36.4 Å². The zero-order valence-electron chi connectivity index (χ0n) is 15.8. The van der Waals surface area contributed by atoms with E-state index in [1.165, 1.54) is 36.4 Å². The first kappa shape index (κ1) is 22.7. The predicted octanol–water partition coefficient (Wildman–Crippen LogP) is 0.938. The van der Waals surface area contributed by atoms with Crippen molar-refractivity contribution >= 4 is 30.8 Å². The van der Waals surface area contributed by atoms with Crippen LogP contribution < -0.4 is 9.44 Å². The summed E-state index contributed by atoms with van der Waals surface area (Å²) in [4.78, 5) is -0.133. The average molecular weight is 431 g/mol. The summed E-state index contributed by atoms with van der Waals surface area (Å²) in [5, 5.41) is 19.1. The first-order chi connectivity index (χ1) is 13.2. The minimum absolute atomic E-state index is 0.0665. The number of hydrogen-bond donors (Lipinski definition) is 4. The van der Waals surface area contributed by atoms with Gasteiger partial charge in [0, 0.05) is 22.9 Å². The van der Waals surface area contributed by atoms with E-state index in [9.17, 15) is 27.0 Å². The van der Waals surface area contributed by atoms with Crippen LogP contribution in [0.25, 0.3) is 10.8 Å². The van der Waals surface area contributed by atoms with Gasteiger partial charge in [-0.15, -0.1) is 0 Å². The van der Waals surface area contributed by atoms with Gasteiger partial charge in [0.25, 0.3) is 0 Å². The van der Waals surface area contributed by atoms with E-state index >= 15 is 0 Å². The molecule has 0 amide bonds. The van der Waals surface area contributed by atoms with Crippen molar-refractivity contribution in [3.63, 3.8) is 0 Å². The van der Waals surface area contributed by atoms with Gasteiger partial charge in [-0.05, 0) is 25.0 Å². The monoisotopic (exact) mass is 430 g/mol. The highest BCUT2D eigenvalue weighted by Crippen LogP contribution is 2.28. The molecule has 0 aliphatic rings. The fourth-order valence-corrected chi connectivity index (χ4v) is 5.85. The highest BCUT2D eigenvalue weighted by Gasteiger charge is 2.25. The Morgan fingerprint density at radius 2 is 1.11 bits per heavy atom. The molecule has 8 nitrogen and oxygen atoms in total. The second kappa shape index (κ2) is 9.29. The Hall–Kier alpha value is -1.56. The summed E-state index contributed by atoms with van der Waals surface area (Å²) in [6.45, 7) is 2.80. The molecule has 0 saturated carbocycles. The molecule has 2 atom stereocenters. The largest absolute Gasteiger partial charge is 0.395 e. The lowest BCUT2D eigenvalue weighted by atomic mass is 10.1. The second-order valence-electron chi connectivity index (χ2n) is 6.43. The highest BCUT2D eigenvalue weighted by molar-refractivity contribution is 7.90. The van der Waals surface area contributed by atoms with Crippen LogP contribution in [0.5, 0.6) is 0 Å². The van der Waals surface area contributed by atoms with Gasteiger partial charge in [0.05, 0.1) is 23.0 Å². The topological polar surface area (TPSA) is 133 Å². The van der Waals surface area contributed by atoms with Crippen molar-refractivity contribution in [2.45, 2.75) is 48.6 Å². The number of sulfonamides is 2. The smallest absolute Gasteiger partial charge is 0.241 e. The third-order valence-electron chi connectivity index (χ3n) is 4.49. The summed E-state index contributed by atoms with van der Waals surface area (Å²) in [6, 6.07) is 7.52. The van der Waals surface area contributed by atoms with E-state index in [0.717, 1.165) is 0 Å². The van der Waals surface area contributed by atoms with E-state index in [1.807, 2.05) is 0 Å². The Balaban J connectivity index is 2.60. The number of aliphatic hydroxyl groups excluding tert-OH is 2. The average Bonchev–Trinajstić information content (AvgIpc) is 2.69. The molecule has 0 aromatic heterocycles. The number of hydrogen-bond acceptors (Lipinski definition) is 6. The molecule has 0 heterocycles. The van der Waals surface area contributed by atoms with Crippen molar-refractivity contribution in [2.75, 3.05) is 13.2 Å². The van der Waals surface area contributed by atoms with Crippen molar-refractivity contribution in [2.24, 2.45) is 0 Å². The first-order valence-electron chi connectivity index (χ1n) is 8.98. The number of aliphatic hydroxyl groups is 2. The Kier molecular flexibility index (Phi) is 7.54. The van der Waals surface area contributed by atoms with Gasteiger partial charge in [-0.3, -0.25) is 0 Å². The summed E-state index contributed by atoms with van der Waals surface area (Å²) < 4.78 is 56.0. The Morgan fingerprint density at radius 1 is 0.750 bits per heavy atom.